The average molecular weight is 203 g/mol. The molecule has 2 rings (SSSR count). The van der Waals surface area contributed by atoms with E-state index < -0.39 is 0 Å². The van der Waals surface area contributed by atoms with Gasteiger partial charge in [0.05, 0.1) is 0 Å². The maximum atomic E-state index is 3.68. The average Bonchev–Trinajstić information content (AvgIpc) is 2.68. The summed E-state index contributed by atoms with van der Waals surface area (Å²) in [5.41, 5.74) is 3.08. The molecule has 0 radical (unpaired) electrons. The molecule has 1 aliphatic rings. The second-order valence-electron chi connectivity index (χ2n) is 4.80. The normalized spacial score (nSPS) is 17.7. The lowest BCUT2D eigenvalue weighted by Crippen LogP contribution is -2.33. The fraction of sp³-hybridized carbons (Fsp3) is 0.571. The van der Waals surface area contributed by atoms with E-state index in [1.807, 2.05) is 0 Å². The summed E-state index contributed by atoms with van der Waals surface area (Å²) >= 11 is 0. The molecule has 1 aliphatic carbocycles. The zero-order chi connectivity index (χ0) is 10.7. The van der Waals surface area contributed by atoms with Crippen LogP contribution in [0.3, 0.4) is 0 Å². The number of hydrogen-bond acceptors (Lipinski definition) is 1. The number of hydrogen-bond donors (Lipinski definition) is 1. The fourth-order valence-corrected chi connectivity index (χ4v) is 2.22. The number of fused-ring (bicyclic) bond motifs is 1. The molecule has 0 aliphatic heterocycles. The second kappa shape index (κ2) is 4.80. The van der Waals surface area contributed by atoms with Crippen molar-refractivity contribution in [2.75, 3.05) is 6.54 Å². The highest BCUT2D eigenvalue weighted by Gasteiger charge is 2.20. The van der Waals surface area contributed by atoms with Crippen LogP contribution in [0.5, 0.6) is 0 Å². The summed E-state index contributed by atoms with van der Waals surface area (Å²) in [7, 11) is 0. The van der Waals surface area contributed by atoms with Gasteiger partial charge in [0.25, 0.3) is 0 Å². The number of rotatable bonds is 4. The van der Waals surface area contributed by atoms with Gasteiger partial charge >= 0.3 is 0 Å². The molecular weight excluding hydrogens is 182 g/mol. The standard InChI is InChI=1S/C14H21N/c1-3-11(2)10-15-14-8-12-6-4-5-7-13(12)9-14/h4-7,11,14-15H,3,8-10H2,1-2H3. The zero-order valence-corrected chi connectivity index (χ0v) is 9.79. The molecule has 0 heterocycles. The Morgan fingerprint density at radius 1 is 1.27 bits per heavy atom. The van der Waals surface area contributed by atoms with Crippen LogP contribution < -0.4 is 5.32 Å². The van der Waals surface area contributed by atoms with Crippen LogP contribution in [0, 0.1) is 5.92 Å². The van der Waals surface area contributed by atoms with Crippen molar-refractivity contribution >= 4 is 0 Å². The summed E-state index contributed by atoms with van der Waals surface area (Å²) in [5.74, 6) is 0.800. The van der Waals surface area contributed by atoms with E-state index in [0.29, 0.717) is 6.04 Å². The van der Waals surface area contributed by atoms with E-state index in [4.69, 9.17) is 0 Å². The van der Waals surface area contributed by atoms with Crippen molar-refractivity contribution < 1.29 is 0 Å². The maximum Gasteiger partial charge on any atom is 0.0148 e. The highest BCUT2D eigenvalue weighted by atomic mass is 14.9. The van der Waals surface area contributed by atoms with E-state index in [-0.39, 0.29) is 0 Å². The summed E-state index contributed by atoms with van der Waals surface area (Å²) in [6.07, 6.45) is 3.70. The van der Waals surface area contributed by atoms with Gasteiger partial charge in [-0.15, -0.1) is 0 Å². The second-order valence-corrected chi connectivity index (χ2v) is 4.80. The van der Waals surface area contributed by atoms with Crippen molar-refractivity contribution in [3.63, 3.8) is 0 Å². The molecule has 0 bridgehead atoms. The first-order valence-electron chi connectivity index (χ1n) is 6.09. The third kappa shape index (κ3) is 2.60. The van der Waals surface area contributed by atoms with Crippen LogP contribution in [-0.2, 0) is 12.8 Å². The predicted octanol–water partition coefficient (Wildman–Crippen LogP) is 2.79. The lowest BCUT2D eigenvalue weighted by atomic mass is 10.1. The summed E-state index contributed by atoms with van der Waals surface area (Å²) in [4.78, 5) is 0. The molecular formula is C14H21N. The first kappa shape index (κ1) is 10.7. The molecule has 0 fully saturated rings. The van der Waals surface area contributed by atoms with Crippen LogP contribution in [0.15, 0.2) is 24.3 Å². The minimum Gasteiger partial charge on any atom is -0.313 e. The maximum absolute atomic E-state index is 3.68. The molecule has 0 spiro atoms. The van der Waals surface area contributed by atoms with Gasteiger partial charge in [-0.1, -0.05) is 44.5 Å². The molecule has 82 valence electrons. The summed E-state index contributed by atoms with van der Waals surface area (Å²) in [6.45, 7) is 5.74. The van der Waals surface area contributed by atoms with Gasteiger partial charge in [-0.25, -0.2) is 0 Å². The van der Waals surface area contributed by atoms with E-state index in [1.54, 1.807) is 11.1 Å². The molecule has 15 heavy (non-hydrogen) atoms. The van der Waals surface area contributed by atoms with E-state index in [2.05, 4.69) is 43.4 Å². The SMILES string of the molecule is CCC(C)CNC1Cc2ccccc2C1. The topological polar surface area (TPSA) is 12.0 Å². The first-order chi connectivity index (χ1) is 7.29. The Balaban J connectivity index is 1.85. The van der Waals surface area contributed by atoms with E-state index >= 15 is 0 Å². The quantitative estimate of drug-likeness (QED) is 0.793. The van der Waals surface area contributed by atoms with Gasteiger partial charge in [0, 0.05) is 6.04 Å². The van der Waals surface area contributed by atoms with Crippen LogP contribution >= 0.6 is 0 Å². The van der Waals surface area contributed by atoms with Crippen molar-refractivity contribution in [3.8, 4) is 0 Å². The molecule has 0 aromatic heterocycles. The molecule has 1 nitrogen and oxygen atoms in total. The number of nitrogens with one attached hydrogen (secondary N) is 1. The van der Waals surface area contributed by atoms with Crippen LogP contribution in [0.4, 0.5) is 0 Å². The summed E-state index contributed by atoms with van der Waals surface area (Å²) in [5, 5.41) is 3.68. The zero-order valence-electron chi connectivity index (χ0n) is 9.79. The monoisotopic (exact) mass is 203 g/mol. The van der Waals surface area contributed by atoms with E-state index in [9.17, 15) is 0 Å². The van der Waals surface area contributed by atoms with Gasteiger partial charge in [-0.2, -0.15) is 0 Å². The van der Waals surface area contributed by atoms with Crippen molar-refractivity contribution in [1.82, 2.24) is 5.32 Å². The Hall–Kier alpha value is -0.820. The minimum absolute atomic E-state index is 0.677. The van der Waals surface area contributed by atoms with Gasteiger partial charge in [0.15, 0.2) is 0 Å². The molecule has 0 amide bonds. The Bertz CT molecular complexity index is 294. The van der Waals surface area contributed by atoms with E-state index in [1.165, 1.54) is 19.3 Å². The molecule has 1 unspecified atom stereocenters. The summed E-state index contributed by atoms with van der Waals surface area (Å²) < 4.78 is 0. The van der Waals surface area contributed by atoms with Crippen molar-refractivity contribution in [2.45, 2.75) is 39.2 Å². The third-order valence-electron chi connectivity index (χ3n) is 3.50. The Kier molecular flexibility index (Phi) is 3.42. The molecule has 1 aromatic carbocycles. The highest BCUT2D eigenvalue weighted by molar-refractivity contribution is 5.33. The van der Waals surface area contributed by atoms with Gasteiger partial charge in [0.2, 0.25) is 0 Å². The van der Waals surface area contributed by atoms with Crippen LogP contribution in [0.25, 0.3) is 0 Å². The largest absolute Gasteiger partial charge is 0.313 e. The minimum atomic E-state index is 0.677. The van der Waals surface area contributed by atoms with E-state index in [0.717, 1.165) is 12.5 Å². The van der Waals surface area contributed by atoms with Gasteiger partial charge in [0.1, 0.15) is 0 Å². The Labute approximate surface area is 92.9 Å². The van der Waals surface area contributed by atoms with Gasteiger partial charge in [-0.05, 0) is 36.4 Å². The van der Waals surface area contributed by atoms with Crippen molar-refractivity contribution in [3.05, 3.63) is 35.4 Å². The molecule has 1 atom stereocenters. The smallest absolute Gasteiger partial charge is 0.0148 e. The van der Waals surface area contributed by atoms with Crippen LogP contribution in [0.2, 0.25) is 0 Å². The molecule has 1 N–H and O–H groups in total. The number of benzene rings is 1. The predicted molar refractivity (Wildman–Crippen MR) is 65.1 cm³/mol. The van der Waals surface area contributed by atoms with Crippen LogP contribution in [-0.4, -0.2) is 12.6 Å². The van der Waals surface area contributed by atoms with Gasteiger partial charge in [-0.3, -0.25) is 0 Å². The molecule has 0 saturated heterocycles. The molecule has 1 heteroatoms. The molecule has 1 aromatic rings. The highest BCUT2D eigenvalue weighted by Crippen LogP contribution is 2.21. The first-order valence-corrected chi connectivity index (χ1v) is 6.09. The lowest BCUT2D eigenvalue weighted by molar-refractivity contribution is 0.445. The third-order valence-corrected chi connectivity index (χ3v) is 3.50. The van der Waals surface area contributed by atoms with Gasteiger partial charge < -0.3 is 5.32 Å². The Morgan fingerprint density at radius 2 is 1.87 bits per heavy atom. The summed E-state index contributed by atoms with van der Waals surface area (Å²) in [6, 6.07) is 9.50. The fourth-order valence-electron chi connectivity index (χ4n) is 2.22. The van der Waals surface area contributed by atoms with Crippen LogP contribution in [0.1, 0.15) is 31.4 Å². The van der Waals surface area contributed by atoms with Crippen molar-refractivity contribution in [1.29, 1.82) is 0 Å². The Morgan fingerprint density at radius 3 is 2.40 bits per heavy atom. The lowest BCUT2D eigenvalue weighted by Gasteiger charge is -2.15. The molecule has 0 saturated carbocycles. The van der Waals surface area contributed by atoms with Crippen molar-refractivity contribution in [2.24, 2.45) is 5.92 Å².